The van der Waals surface area contributed by atoms with Crippen LogP contribution >= 0.6 is 0 Å². The third-order valence-corrected chi connectivity index (χ3v) is 1.21. The van der Waals surface area contributed by atoms with E-state index in [9.17, 15) is 4.79 Å². The summed E-state index contributed by atoms with van der Waals surface area (Å²) in [6, 6.07) is 3.42. The Bertz CT molecular complexity index is 295. The minimum absolute atomic E-state index is 0.0667. The largest absolute Gasteiger partial charge is 0.477 e. The van der Waals surface area contributed by atoms with E-state index >= 15 is 0 Å². The number of anilines is 1. The zero-order valence-electron chi connectivity index (χ0n) is 6.32. The van der Waals surface area contributed by atoms with Gasteiger partial charge >= 0.3 is 5.97 Å². The molecular formula is C8H8N2O2. The molecule has 0 spiro atoms. The van der Waals surface area contributed by atoms with E-state index in [1.807, 2.05) is 0 Å². The van der Waals surface area contributed by atoms with Crippen LogP contribution in [0.25, 0.3) is 0 Å². The van der Waals surface area contributed by atoms with Gasteiger partial charge < -0.3 is 10.4 Å². The van der Waals surface area contributed by atoms with Gasteiger partial charge in [0.05, 0.1) is 11.9 Å². The second kappa shape index (κ2) is 3.52. The molecule has 0 saturated carbocycles. The van der Waals surface area contributed by atoms with Crippen LogP contribution in [0.1, 0.15) is 0 Å². The van der Waals surface area contributed by atoms with Crippen molar-refractivity contribution < 1.29 is 9.90 Å². The minimum atomic E-state index is -1.07. The van der Waals surface area contributed by atoms with E-state index in [0.29, 0.717) is 5.69 Å². The topological polar surface area (TPSA) is 62.2 Å². The average molecular weight is 164 g/mol. The molecule has 1 aromatic heterocycles. The number of pyridine rings is 1. The fourth-order valence-electron chi connectivity index (χ4n) is 0.664. The SMILES string of the molecule is C=C(Nc1cccnc1)C(=O)O. The molecule has 4 heteroatoms. The number of aromatic nitrogens is 1. The summed E-state index contributed by atoms with van der Waals surface area (Å²) in [4.78, 5) is 14.1. The van der Waals surface area contributed by atoms with Crippen LogP contribution in [0.2, 0.25) is 0 Å². The standard InChI is InChI=1S/C8H8N2O2/c1-6(8(11)12)10-7-3-2-4-9-5-7/h2-5,10H,1H2,(H,11,12). The van der Waals surface area contributed by atoms with Crippen LogP contribution < -0.4 is 5.32 Å². The van der Waals surface area contributed by atoms with E-state index in [1.54, 1.807) is 18.3 Å². The van der Waals surface area contributed by atoms with Gasteiger partial charge in [-0.25, -0.2) is 4.79 Å². The van der Waals surface area contributed by atoms with Gasteiger partial charge in [-0.3, -0.25) is 4.98 Å². The van der Waals surface area contributed by atoms with Crippen LogP contribution in [-0.2, 0) is 4.79 Å². The molecule has 4 nitrogen and oxygen atoms in total. The molecule has 0 aromatic carbocycles. The van der Waals surface area contributed by atoms with E-state index in [-0.39, 0.29) is 5.70 Å². The quantitative estimate of drug-likeness (QED) is 0.656. The lowest BCUT2D eigenvalue weighted by Gasteiger charge is -2.02. The van der Waals surface area contributed by atoms with E-state index in [0.717, 1.165) is 0 Å². The molecule has 0 fully saturated rings. The highest BCUT2D eigenvalue weighted by Crippen LogP contribution is 2.05. The van der Waals surface area contributed by atoms with E-state index in [4.69, 9.17) is 5.11 Å². The number of hydrogen-bond acceptors (Lipinski definition) is 3. The lowest BCUT2D eigenvalue weighted by Crippen LogP contribution is -2.08. The van der Waals surface area contributed by atoms with Gasteiger partial charge in [0.2, 0.25) is 0 Å². The highest BCUT2D eigenvalue weighted by atomic mass is 16.4. The molecule has 0 radical (unpaired) electrons. The highest BCUT2D eigenvalue weighted by molar-refractivity contribution is 5.89. The number of aliphatic carboxylic acids is 1. The van der Waals surface area contributed by atoms with Crippen LogP contribution in [0, 0.1) is 0 Å². The maximum absolute atomic E-state index is 10.3. The molecule has 2 N–H and O–H groups in total. The molecule has 0 aliphatic rings. The summed E-state index contributed by atoms with van der Waals surface area (Å²) >= 11 is 0. The Labute approximate surface area is 69.6 Å². The molecule has 62 valence electrons. The number of hydrogen-bond donors (Lipinski definition) is 2. The molecule has 1 heterocycles. The molecule has 0 aliphatic carbocycles. The summed E-state index contributed by atoms with van der Waals surface area (Å²) in [5, 5.41) is 11.0. The van der Waals surface area contributed by atoms with E-state index in [1.165, 1.54) is 6.20 Å². The number of rotatable bonds is 3. The van der Waals surface area contributed by atoms with Crippen molar-refractivity contribution in [1.82, 2.24) is 4.98 Å². The summed E-state index contributed by atoms with van der Waals surface area (Å²) in [5.74, 6) is -1.07. The average Bonchev–Trinajstić information content (AvgIpc) is 2.06. The molecule has 0 aliphatic heterocycles. The van der Waals surface area contributed by atoms with Gasteiger partial charge in [-0.1, -0.05) is 6.58 Å². The third-order valence-electron chi connectivity index (χ3n) is 1.21. The van der Waals surface area contributed by atoms with Crippen molar-refractivity contribution in [2.45, 2.75) is 0 Å². The summed E-state index contributed by atoms with van der Waals surface area (Å²) in [7, 11) is 0. The molecule has 1 rings (SSSR count). The molecule has 0 bridgehead atoms. The minimum Gasteiger partial charge on any atom is -0.477 e. The summed E-state index contributed by atoms with van der Waals surface area (Å²) in [6.07, 6.45) is 3.13. The fourth-order valence-corrected chi connectivity index (χ4v) is 0.664. The highest BCUT2D eigenvalue weighted by Gasteiger charge is 2.02. The van der Waals surface area contributed by atoms with E-state index in [2.05, 4.69) is 16.9 Å². The maximum atomic E-state index is 10.3. The molecule has 0 saturated heterocycles. The van der Waals surface area contributed by atoms with Crippen molar-refractivity contribution in [2.24, 2.45) is 0 Å². The third kappa shape index (κ3) is 2.09. The van der Waals surface area contributed by atoms with E-state index < -0.39 is 5.97 Å². The van der Waals surface area contributed by atoms with Crippen LogP contribution in [0.15, 0.2) is 36.8 Å². The summed E-state index contributed by atoms with van der Waals surface area (Å²) < 4.78 is 0. The van der Waals surface area contributed by atoms with Gasteiger partial charge in [-0.05, 0) is 12.1 Å². The van der Waals surface area contributed by atoms with Crippen LogP contribution in [0.3, 0.4) is 0 Å². The van der Waals surface area contributed by atoms with Crippen molar-refractivity contribution in [3.05, 3.63) is 36.8 Å². The fraction of sp³-hybridized carbons (Fsp3) is 0. The van der Waals surface area contributed by atoms with Crippen molar-refractivity contribution in [1.29, 1.82) is 0 Å². The normalized spacial score (nSPS) is 9.00. The molecule has 0 atom stereocenters. The second-order valence-electron chi connectivity index (χ2n) is 2.15. The zero-order valence-corrected chi connectivity index (χ0v) is 6.32. The summed E-state index contributed by atoms with van der Waals surface area (Å²) in [5.41, 5.74) is 0.549. The first kappa shape index (κ1) is 8.26. The molecule has 12 heavy (non-hydrogen) atoms. The number of nitrogens with zero attached hydrogens (tertiary/aromatic N) is 1. The Morgan fingerprint density at radius 3 is 2.92 bits per heavy atom. The Hall–Kier alpha value is -1.84. The van der Waals surface area contributed by atoms with Gasteiger partial charge in [0.1, 0.15) is 5.70 Å². The first-order valence-corrected chi connectivity index (χ1v) is 3.29. The Balaban J connectivity index is 2.65. The first-order chi connectivity index (χ1) is 5.70. The van der Waals surface area contributed by atoms with Crippen molar-refractivity contribution in [3.8, 4) is 0 Å². The molecule has 0 unspecified atom stereocenters. The zero-order chi connectivity index (χ0) is 8.97. The number of nitrogens with one attached hydrogen (secondary N) is 1. The molecule has 0 amide bonds. The van der Waals surface area contributed by atoms with Gasteiger partial charge in [0.25, 0.3) is 0 Å². The number of carbonyl (C=O) groups is 1. The predicted molar refractivity (Wildman–Crippen MR) is 44.6 cm³/mol. The van der Waals surface area contributed by atoms with Crippen LogP contribution in [-0.4, -0.2) is 16.1 Å². The smallest absolute Gasteiger partial charge is 0.351 e. The lowest BCUT2D eigenvalue weighted by atomic mass is 10.4. The summed E-state index contributed by atoms with van der Waals surface area (Å²) in [6.45, 7) is 3.31. The Morgan fingerprint density at radius 2 is 2.42 bits per heavy atom. The van der Waals surface area contributed by atoms with Gasteiger partial charge in [0.15, 0.2) is 0 Å². The maximum Gasteiger partial charge on any atom is 0.351 e. The number of carboxylic acid groups (broad SMARTS) is 1. The van der Waals surface area contributed by atoms with Gasteiger partial charge in [0, 0.05) is 6.20 Å². The van der Waals surface area contributed by atoms with Crippen LogP contribution in [0.4, 0.5) is 5.69 Å². The molecular weight excluding hydrogens is 156 g/mol. The first-order valence-electron chi connectivity index (χ1n) is 3.29. The second-order valence-corrected chi connectivity index (χ2v) is 2.15. The number of carboxylic acids is 1. The predicted octanol–water partition coefficient (Wildman–Crippen LogP) is 1.09. The van der Waals surface area contributed by atoms with Crippen molar-refractivity contribution >= 4 is 11.7 Å². The van der Waals surface area contributed by atoms with Gasteiger partial charge in [-0.15, -0.1) is 0 Å². The Kier molecular flexibility index (Phi) is 2.42. The van der Waals surface area contributed by atoms with Gasteiger partial charge in [-0.2, -0.15) is 0 Å². The van der Waals surface area contributed by atoms with Crippen LogP contribution in [0.5, 0.6) is 0 Å². The monoisotopic (exact) mass is 164 g/mol. The lowest BCUT2D eigenvalue weighted by molar-refractivity contribution is -0.132. The Morgan fingerprint density at radius 1 is 1.67 bits per heavy atom. The van der Waals surface area contributed by atoms with Crippen molar-refractivity contribution in [2.75, 3.05) is 5.32 Å². The molecule has 1 aromatic rings. The van der Waals surface area contributed by atoms with Crippen molar-refractivity contribution in [3.63, 3.8) is 0 Å².